The fourth-order valence-electron chi connectivity index (χ4n) is 4.05. The molecule has 2 fully saturated rings. The maximum absolute atomic E-state index is 5.80. The standard InChI is InChI=1S/C18H30N2O/c1-14(2)19-11-15-10-17(21-13-15)12-20-9-5-7-16-6-3-4-8-18(16)20/h10,13-14,16,18-19H,3-9,11-12H2,1-2H3. The minimum Gasteiger partial charge on any atom is -0.468 e. The topological polar surface area (TPSA) is 28.4 Å². The highest BCUT2D eigenvalue weighted by molar-refractivity contribution is 5.13. The molecule has 2 aliphatic rings. The Morgan fingerprint density at radius 3 is 2.90 bits per heavy atom. The van der Waals surface area contributed by atoms with E-state index in [-0.39, 0.29) is 0 Å². The number of fused-ring (bicyclic) bond motifs is 1. The third-order valence-corrected chi connectivity index (χ3v) is 5.14. The summed E-state index contributed by atoms with van der Waals surface area (Å²) < 4.78 is 5.80. The molecular weight excluding hydrogens is 260 g/mol. The van der Waals surface area contributed by atoms with Crippen molar-refractivity contribution in [3.8, 4) is 0 Å². The van der Waals surface area contributed by atoms with Gasteiger partial charge in [-0.2, -0.15) is 0 Å². The average Bonchev–Trinajstić information content (AvgIpc) is 2.93. The Hall–Kier alpha value is -0.800. The van der Waals surface area contributed by atoms with Gasteiger partial charge in [0.05, 0.1) is 12.8 Å². The summed E-state index contributed by atoms with van der Waals surface area (Å²) in [6.45, 7) is 7.52. The van der Waals surface area contributed by atoms with Crippen LogP contribution in [0, 0.1) is 5.92 Å². The van der Waals surface area contributed by atoms with Gasteiger partial charge in [0.15, 0.2) is 0 Å². The van der Waals surface area contributed by atoms with Gasteiger partial charge in [-0.3, -0.25) is 4.90 Å². The van der Waals surface area contributed by atoms with Crippen LogP contribution in [0.1, 0.15) is 63.7 Å². The Bertz CT molecular complexity index is 438. The number of nitrogens with zero attached hydrogens (tertiary/aromatic N) is 1. The van der Waals surface area contributed by atoms with E-state index in [1.54, 1.807) is 0 Å². The second-order valence-corrected chi connectivity index (χ2v) is 7.18. The van der Waals surface area contributed by atoms with Gasteiger partial charge in [0.25, 0.3) is 0 Å². The van der Waals surface area contributed by atoms with Gasteiger partial charge in [0.1, 0.15) is 5.76 Å². The Balaban J connectivity index is 1.57. The summed E-state index contributed by atoms with van der Waals surface area (Å²) in [6, 6.07) is 3.57. The number of piperidine rings is 1. The second-order valence-electron chi connectivity index (χ2n) is 7.18. The summed E-state index contributed by atoms with van der Waals surface area (Å²) in [7, 11) is 0. The summed E-state index contributed by atoms with van der Waals surface area (Å²) >= 11 is 0. The van der Waals surface area contributed by atoms with Gasteiger partial charge in [-0.1, -0.05) is 26.7 Å². The number of rotatable bonds is 5. The molecule has 1 aromatic rings. The lowest BCUT2D eigenvalue weighted by Crippen LogP contribution is -2.46. The van der Waals surface area contributed by atoms with E-state index in [1.807, 2.05) is 6.26 Å². The first-order valence-electron chi connectivity index (χ1n) is 8.76. The summed E-state index contributed by atoms with van der Waals surface area (Å²) in [5.74, 6) is 2.09. The van der Waals surface area contributed by atoms with Crippen molar-refractivity contribution in [1.82, 2.24) is 10.2 Å². The molecule has 2 atom stereocenters. The predicted molar refractivity (Wildman–Crippen MR) is 86.1 cm³/mol. The monoisotopic (exact) mass is 290 g/mol. The first-order valence-corrected chi connectivity index (χ1v) is 8.76. The molecule has 0 aromatic carbocycles. The summed E-state index contributed by atoms with van der Waals surface area (Å²) in [5.41, 5.74) is 1.27. The quantitative estimate of drug-likeness (QED) is 0.890. The number of hydrogen-bond acceptors (Lipinski definition) is 3. The molecule has 1 saturated carbocycles. The van der Waals surface area contributed by atoms with Crippen LogP contribution in [0.2, 0.25) is 0 Å². The van der Waals surface area contributed by atoms with Gasteiger partial charge in [-0.15, -0.1) is 0 Å². The van der Waals surface area contributed by atoms with Crippen LogP contribution in [-0.2, 0) is 13.1 Å². The fraction of sp³-hybridized carbons (Fsp3) is 0.778. The molecule has 1 aliphatic carbocycles. The second kappa shape index (κ2) is 6.97. The first-order chi connectivity index (χ1) is 10.2. The van der Waals surface area contributed by atoms with Gasteiger partial charge in [-0.25, -0.2) is 0 Å². The predicted octanol–water partition coefficient (Wildman–Crippen LogP) is 3.93. The van der Waals surface area contributed by atoms with Crippen molar-refractivity contribution in [3.63, 3.8) is 0 Å². The molecule has 0 radical (unpaired) electrons. The van der Waals surface area contributed by atoms with Crippen LogP contribution in [0.4, 0.5) is 0 Å². The van der Waals surface area contributed by atoms with Crippen LogP contribution in [-0.4, -0.2) is 23.5 Å². The Morgan fingerprint density at radius 2 is 2.05 bits per heavy atom. The van der Waals surface area contributed by atoms with E-state index in [0.717, 1.165) is 30.8 Å². The minimum absolute atomic E-state index is 0.522. The van der Waals surface area contributed by atoms with Gasteiger partial charge in [-0.05, 0) is 44.2 Å². The van der Waals surface area contributed by atoms with Crippen LogP contribution in [0.3, 0.4) is 0 Å². The molecular formula is C18H30N2O. The Morgan fingerprint density at radius 1 is 1.24 bits per heavy atom. The Labute approximate surface area is 129 Å². The van der Waals surface area contributed by atoms with E-state index in [4.69, 9.17) is 4.42 Å². The molecule has 0 bridgehead atoms. The average molecular weight is 290 g/mol. The maximum Gasteiger partial charge on any atom is 0.118 e. The van der Waals surface area contributed by atoms with Crippen molar-refractivity contribution >= 4 is 0 Å². The molecule has 0 amide bonds. The molecule has 1 saturated heterocycles. The number of likely N-dealkylation sites (tertiary alicyclic amines) is 1. The van der Waals surface area contributed by atoms with E-state index in [2.05, 4.69) is 30.1 Å². The summed E-state index contributed by atoms with van der Waals surface area (Å²) in [6.07, 6.45) is 10.4. The highest BCUT2D eigenvalue weighted by Gasteiger charge is 2.33. The molecule has 1 N–H and O–H groups in total. The lowest BCUT2D eigenvalue weighted by molar-refractivity contribution is 0.0495. The lowest BCUT2D eigenvalue weighted by atomic mass is 9.78. The van der Waals surface area contributed by atoms with E-state index in [0.29, 0.717) is 6.04 Å². The zero-order chi connectivity index (χ0) is 14.7. The molecule has 21 heavy (non-hydrogen) atoms. The molecule has 3 rings (SSSR count). The minimum atomic E-state index is 0.522. The third kappa shape index (κ3) is 3.89. The number of hydrogen-bond donors (Lipinski definition) is 1. The number of nitrogens with one attached hydrogen (secondary N) is 1. The van der Waals surface area contributed by atoms with E-state index in [1.165, 1.54) is 50.6 Å². The zero-order valence-electron chi connectivity index (χ0n) is 13.6. The van der Waals surface area contributed by atoms with Gasteiger partial charge in [0.2, 0.25) is 0 Å². The molecule has 0 spiro atoms. The van der Waals surface area contributed by atoms with Crippen molar-refractivity contribution in [2.45, 2.75) is 77.5 Å². The van der Waals surface area contributed by atoms with Crippen molar-refractivity contribution in [2.75, 3.05) is 6.54 Å². The van der Waals surface area contributed by atoms with E-state index >= 15 is 0 Å². The molecule has 1 aromatic heterocycles. The molecule has 3 heteroatoms. The summed E-state index contributed by atoms with van der Waals surface area (Å²) in [5, 5.41) is 3.45. The molecule has 118 valence electrons. The zero-order valence-corrected chi connectivity index (χ0v) is 13.6. The van der Waals surface area contributed by atoms with Crippen molar-refractivity contribution in [2.24, 2.45) is 5.92 Å². The van der Waals surface area contributed by atoms with E-state index < -0.39 is 0 Å². The maximum atomic E-state index is 5.80. The third-order valence-electron chi connectivity index (χ3n) is 5.14. The molecule has 2 heterocycles. The highest BCUT2D eigenvalue weighted by Crippen LogP contribution is 2.36. The van der Waals surface area contributed by atoms with E-state index in [9.17, 15) is 0 Å². The number of furan rings is 1. The van der Waals surface area contributed by atoms with Crippen LogP contribution in [0.25, 0.3) is 0 Å². The SMILES string of the molecule is CC(C)NCc1coc(CN2CCCC3CCCCC32)c1. The lowest BCUT2D eigenvalue weighted by Gasteiger charge is -2.43. The smallest absolute Gasteiger partial charge is 0.118 e. The highest BCUT2D eigenvalue weighted by atomic mass is 16.3. The van der Waals surface area contributed by atoms with Gasteiger partial charge in [0, 0.05) is 24.2 Å². The summed E-state index contributed by atoms with van der Waals surface area (Å²) in [4.78, 5) is 2.69. The Kier molecular flexibility index (Phi) is 5.02. The van der Waals surface area contributed by atoms with Crippen molar-refractivity contribution in [3.05, 3.63) is 23.7 Å². The van der Waals surface area contributed by atoms with Gasteiger partial charge >= 0.3 is 0 Å². The first kappa shape index (κ1) is 15.1. The van der Waals surface area contributed by atoms with Crippen molar-refractivity contribution < 1.29 is 4.42 Å². The van der Waals surface area contributed by atoms with Crippen LogP contribution in [0.15, 0.2) is 16.7 Å². The van der Waals surface area contributed by atoms with Crippen molar-refractivity contribution in [1.29, 1.82) is 0 Å². The largest absolute Gasteiger partial charge is 0.468 e. The van der Waals surface area contributed by atoms with Crippen LogP contribution >= 0.6 is 0 Å². The normalized spacial score (nSPS) is 27.0. The van der Waals surface area contributed by atoms with Crippen LogP contribution in [0.5, 0.6) is 0 Å². The molecule has 2 unspecified atom stereocenters. The fourth-order valence-corrected chi connectivity index (χ4v) is 4.05. The van der Waals surface area contributed by atoms with Crippen LogP contribution < -0.4 is 5.32 Å². The molecule has 1 aliphatic heterocycles. The molecule has 3 nitrogen and oxygen atoms in total. The van der Waals surface area contributed by atoms with Gasteiger partial charge < -0.3 is 9.73 Å².